The summed E-state index contributed by atoms with van der Waals surface area (Å²) in [5, 5.41) is 11.9. The smallest absolute Gasteiger partial charge is 0.249 e. The molecule has 0 aromatic heterocycles. The van der Waals surface area contributed by atoms with Crippen molar-refractivity contribution in [2.75, 3.05) is 13.1 Å². The summed E-state index contributed by atoms with van der Waals surface area (Å²) in [5.74, 6) is -0.937. The highest BCUT2D eigenvalue weighted by atomic mass is 16.3. The van der Waals surface area contributed by atoms with Crippen LogP contribution in [0.5, 0.6) is 0 Å². The summed E-state index contributed by atoms with van der Waals surface area (Å²) >= 11 is 0. The van der Waals surface area contributed by atoms with Gasteiger partial charge in [-0.3, -0.25) is 9.59 Å². The van der Waals surface area contributed by atoms with Crippen LogP contribution < -0.4 is 5.73 Å². The van der Waals surface area contributed by atoms with Crippen molar-refractivity contribution in [1.29, 1.82) is 0 Å². The number of aliphatic hydroxyl groups is 1. The Labute approximate surface area is 140 Å². The van der Waals surface area contributed by atoms with Crippen molar-refractivity contribution in [2.24, 2.45) is 5.73 Å². The predicted molar refractivity (Wildman–Crippen MR) is 92.1 cm³/mol. The monoisotopic (exact) mass is 324 g/mol. The van der Waals surface area contributed by atoms with Crippen molar-refractivity contribution >= 4 is 22.6 Å². The van der Waals surface area contributed by atoms with Gasteiger partial charge in [-0.25, -0.2) is 0 Å². The van der Waals surface area contributed by atoms with Gasteiger partial charge in [0.15, 0.2) is 0 Å². The van der Waals surface area contributed by atoms with Crippen LogP contribution >= 0.6 is 0 Å². The van der Waals surface area contributed by atoms with E-state index in [1.54, 1.807) is 11.0 Å². The lowest BCUT2D eigenvalue weighted by Crippen LogP contribution is -2.32. The van der Waals surface area contributed by atoms with Crippen molar-refractivity contribution in [3.63, 3.8) is 0 Å². The fourth-order valence-electron chi connectivity index (χ4n) is 3.03. The van der Waals surface area contributed by atoms with E-state index in [1.807, 2.05) is 18.2 Å². The highest BCUT2D eigenvalue weighted by Gasteiger charge is 2.26. The Morgan fingerprint density at radius 3 is 2.75 bits per heavy atom. The van der Waals surface area contributed by atoms with Crippen LogP contribution in [0.1, 0.15) is 12.0 Å². The molecule has 0 spiro atoms. The molecule has 1 aliphatic heterocycles. The molecule has 2 aromatic rings. The molecule has 3 rings (SSSR count). The number of hydrogen-bond donors (Lipinski definition) is 2. The number of nitrogens with two attached hydrogens (primary N) is 1. The van der Waals surface area contributed by atoms with Crippen LogP contribution in [0.2, 0.25) is 0 Å². The van der Waals surface area contributed by atoms with Crippen molar-refractivity contribution in [3.8, 4) is 0 Å². The lowest BCUT2D eigenvalue weighted by atomic mass is 10.0. The number of nitrogens with zero attached hydrogens (tertiary/aromatic N) is 1. The fraction of sp³-hybridized carbons (Fsp3) is 0.263. The first kappa shape index (κ1) is 16.2. The van der Waals surface area contributed by atoms with Crippen LogP contribution in [0.15, 0.2) is 54.1 Å². The molecule has 0 saturated heterocycles. The second-order valence-electron chi connectivity index (χ2n) is 5.99. The molecular formula is C19H20N2O3. The maximum Gasteiger partial charge on any atom is 0.249 e. The molecule has 2 aromatic carbocycles. The van der Waals surface area contributed by atoms with Gasteiger partial charge < -0.3 is 15.7 Å². The lowest BCUT2D eigenvalue weighted by molar-refractivity contribution is -0.127. The third kappa shape index (κ3) is 3.31. The van der Waals surface area contributed by atoms with Crippen LogP contribution in [0.25, 0.3) is 10.8 Å². The molecule has 5 heteroatoms. The third-order valence-electron chi connectivity index (χ3n) is 4.39. The molecule has 1 aliphatic rings. The summed E-state index contributed by atoms with van der Waals surface area (Å²) in [7, 11) is 0. The molecule has 3 N–H and O–H groups in total. The number of aliphatic hydroxyl groups excluding tert-OH is 1. The molecule has 1 atom stereocenters. The Bertz CT molecular complexity index is 808. The summed E-state index contributed by atoms with van der Waals surface area (Å²) in [6.45, 7) is 1.10. The van der Waals surface area contributed by atoms with Crippen LogP contribution in [0.4, 0.5) is 0 Å². The highest BCUT2D eigenvalue weighted by Crippen LogP contribution is 2.21. The number of primary amides is 1. The van der Waals surface area contributed by atoms with Gasteiger partial charge in [0.1, 0.15) is 6.10 Å². The van der Waals surface area contributed by atoms with Crippen molar-refractivity contribution in [2.45, 2.75) is 18.9 Å². The number of hydrogen-bond acceptors (Lipinski definition) is 3. The Morgan fingerprint density at radius 1 is 1.21 bits per heavy atom. The molecule has 1 unspecified atom stereocenters. The van der Waals surface area contributed by atoms with Gasteiger partial charge in [-0.05, 0) is 22.8 Å². The summed E-state index contributed by atoms with van der Waals surface area (Å²) < 4.78 is 0. The molecule has 5 nitrogen and oxygen atoms in total. The van der Waals surface area contributed by atoms with Gasteiger partial charge in [0.2, 0.25) is 11.8 Å². The predicted octanol–water partition coefficient (Wildman–Crippen LogP) is 1.39. The normalized spacial score (nSPS) is 15.6. The Balaban J connectivity index is 1.64. The van der Waals surface area contributed by atoms with Crippen LogP contribution in [0, 0.1) is 0 Å². The number of rotatable bonds is 6. The molecule has 2 amide bonds. The Kier molecular flexibility index (Phi) is 4.62. The minimum atomic E-state index is -1.31. The maximum atomic E-state index is 12.3. The average Bonchev–Trinajstić information content (AvgIpc) is 2.93. The molecule has 1 heterocycles. The van der Waals surface area contributed by atoms with E-state index >= 15 is 0 Å². The zero-order valence-electron chi connectivity index (χ0n) is 13.3. The quantitative estimate of drug-likeness (QED) is 0.842. The molecule has 0 saturated carbocycles. The molecular weight excluding hydrogens is 304 g/mol. The minimum absolute atomic E-state index is 0.0149. The van der Waals surface area contributed by atoms with Crippen LogP contribution in [-0.2, 0) is 16.0 Å². The van der Waals surface area contributed by atoms with Gasteiger partial charge in [-0.2, -0.15) is 0 Å². The van der Waals surface area contributed by atoms with E-state index in [2.05, 4.69) is 24.3 Å². The van der Waals surface area contributed by atoms with E-state index in [1.165, 1.54) is 16.3 Å². The van der Waals surface area contributed by atoms with Gasteiger partial charge in [-0.15, -0.1) is 0 Å². The second kappa shape index (κ2) is 6.84. The largest absolute Gasteiger partial charge is 0.383 e. The van der Waals surface area contributed by atoms with Gasteiger partial charge in [-0.1, -0.05) is 48.5 Å². The Hall–Kier alpha value is -2.66. The molecule has 0 radical (unpaired) electrons. The molecule has 0 bridgehead atoms. The minimum Gasteiger partial charge on any atom is -0.383 e. The summed E-state index contributed by atoms with van der Waals surface area (Å²) in [4.78, 5) is 25.0. The number of carbonyl (C=O) groups excluding carboxylic acids is 2. The zero-order chi connectivity index (χ0) is 17.1. The van der Waals surface area contributed by atoms with Crippen LogP contribution in [-0.4, -0.2) is 41.0 Å². The highest BCUT2D eigenvalue weighted by molar-refractivity contribution is 5.97. The number of amides is 2. The molecule has 124 valence electrons. The summed E-state index contributed by atoms with van der Waals surface area (Å²) in [6.07, 6.45) is 1.20. The van der Waals surface area contributed by atoms with Gasteiger partial charge >= 0.3 is 0 Å². The van der Waals surface area contributed by atoms with Crippen molar-refractivity contribution < 1.29 is 14.7 Å². The standard InChI is InChI=1S/C19H20N2O3/c20-18(23)17(22)12-15-9-11-21(19(15)24)10-8-14-6-3-5-13-4-1-2-7-16(13)14/h1-7,9,17,22H,8,10-12H2,(H2,20,23). The number of fused-ring (bicyclic) bond motifs is 1. The SMILES string of the molecule is NC(=O)C(O)CC1=CCN(CCc2cccc3ccccc23)C1=O. The number of benzene rings is 2. The van der Waals surface area contributed by atoms with Gasteiger partial charge in [0, 0.05) is 25.1 Å². The summed E-state index contributed by atoms with van der Waals surface area (Å²) in [5.41, 5.74) is 6.70. The number of carbonyl (C=O) groups is 2. The molecule has 0 aliphatic carbocycles. The van der Waals surface area contributed by atoms with Gasteiger partial charge in [0.25, 0.3) is 0 Å². The van der Waals surface area contributed by atoms with E-state index in [9.17, 15) is 14.7 Å². The van der Waals surface area contributed by atoms with E-state index in [-0.39, 0.29) is 12.3 Å². The molecule has 0 fully saturated rings. The van der Waals surface area contributed by atoms with E-state index < -0.39 is 12.0 Å². The lowest BCUT2D eigenvalue weighted by Gasteiger charge is -2.17. The summed E-state index contributed by atoms with van der Waals surface area (Å²) in [6, 6.07) is 14.4. The van der Waals surface area contributed by atoms with E-state index in [4.69, 9.17) is 5.73 Å². The first-order valence-electron chi connectivity index (χ1n) is 7.98. The molecule has 24 heavy (non-hydrogen) atoms. The fourth-order valence-corrected chi connectivity index (χ4v) is 3.03. The Morgan fingerprint density at radius 2 is 1.96 bits per heavy atom. The van der Waals surface area contributed by atoms with Crippen LogP contribution in [0.3, 0.4) is 0 Å². The average molecular weight is 324 g/mol. The van der Waals surface area contributed by atoms with Crippen molar-refractivity contribution in [1.82, 2.24) is 4.90 Å². The van der Waals surface area contributed by atoms with E-state index in [0.717, 1.165) is 6.42 Å². The van der Waals surface area contributed by atoms with Crippen molar-refractivity contribution in [3.05, 3.63) is 59.7 Å². The maximum absolute atomic E-state index is 12.3. The first-order chi connectivity index (χ1) is 11.6. The topological polar surface area (TPSA) is 83.6 Å². The second-order valence-corrected chi connectivity index (χ2v) is 5.99. The van der Waals surface area contributed by atoms with E-state index in [0.29, 0.717) is 18.7 Å². The first-order valence-corrected chi connectivity index (χ1v) is 7.98. The van der Waals surface area contributed by atoms with Gasteiger partial charge in [0.05, 0.1) is 0 Å². The zero-order valence-corrected chi connectivity index (χ0v) is 13.3. The third-order valence-corrected chi connectivity index (χ3v) is 4.39.